The molecule has 26 heavy (non-hydrogen) atoms. The lowest BCUT2D eigenvalue weighted by atomic mass is 9.78. The highest BCUT2D eigenvalue weighted by Gasteiger charge is 2.37. The number of benzene rings is 1. The Morgan fingerprint density at radius 1 is 1.38 bits per heavy atom. The lowest BCUT2D eigenvalue weighted by Crippen LogP contribution is -2.49. The molecule has 1 saturated carbocycles. The Bertz CT molecular complexity index is 803. The van der Waals surface area contributed by atoms with Crippen LogP contribution in [0.5, 0.6) is 5.75 Å². The molecule has 7 heteroatoms. The standard InChI is InChI=1S/C19H26N2O4S/c1-4-25-18-6-5-17(11-14(18)2)26(23,24)12-16-7-9-19(13-20,10-8-16)21-15(3)22/h5-6,11,16H,4,7-10,12H2,1-3H3,(H,21,22). The number of hydrogen-bond acceptors (Lipinski definition) is 5. The molecule has 1 aromatic rings. The van der Waals surface area contributed by atoms with Gasteiger partial charge in [0.2, 0.25) is 5.91 Å². The van der Waals surface area contributed by atoms with Gasteiger partial charge in [0.25, 0.3) is 0 Å². The van der Waals surface area contributed by atoms with E-state index >= 15 is 0 Å². The monoisotopic (exact) mass is 378 g/mol. The lowest BCUT2D eigenvalue weighted by Gasteiger charge is -2.35. The molecule has 0 radical (unpaired) electrons. The van der Waals surface area contributed by atoms with Crippen LogP contribution in [0.15, 0.2) is 23.1 Å². The highest BCUT2D eigenvalue weighted by Crippen LogP contribution is 2.34. The predicted octanol–water partition coefficient (Wildman–Crippen LogP) is 2.76. The first-order valence-corrected chi connectivity index (χ1v) is 10.5. The van der Waals surface area contributed by atoms with Gasteiger partial charge in [-0.1, -0.05) is 0 Å². The molecule has 1 fully saturated rings. The van der Waals surface area contributed by atoms with Gasteiger partial charge in [-0.25, -0.2) is 8.42 Å². The van der Waals surface area contributed by atoms with Crippen LogP contribution in [-0.2, 0) is 14.6 Å². The summed E-state index contributed by atoms with van der Waals surface area (Å²) in [6.45, 7) is 5.64. The van der Waals surface area contributed by atoms with Gasteiger partial charge in [-0.05, 0) is 69.2 Å². The van der Waals surface area contributed by atoms with E-state index in [9.17, 15) is 18.5 Å². The van der Waals surface area contributed by atoms with Gasteiger partial charge in [-0.15, -0.1) is 0 Å². The fourth-order valence-corrected chi connectivity index (χ4v) is 5.26. The van der Waals surface area contributed by atoms with Gasteiger partial charge in [0.05, 0.1) is 23.3 Å². The number of nitrogens with zero attached hydrogens (tertiary/aromatic N) is 1. The van der Waals surface area contributed by atoms with Crippen LogP contribution in [0.1, 0.15) is 45.1 Å². The van der Waals surface area contributed by atoms with Crippen molar-refractivity contribution in [3.63, 3.8) is 0 Å². The smallest absolute Gasteiger partial charge is 0.218 e. The van der Waals surface area contributed by atoms with Crippen LogP contribution in [0.3, 0.4) is 0 Å². The Morgan fingerprint density at radius 2 is 2.04 bits per heavy atom. The van der Waals surface area contributed by atoms with Crippen molar-refractivity contribution in [3.8, 4) is 11.8 Å². The van der Waals surface area contributed by atoms with Gasteiger partial charge in [0.1, 0.15) is 11.3 Å². The van der Waals surface area contributed by atoms with E-state index in [2.05, 4.69) is 11.4 Å². The summed E-state index contributed by atoms with van der Waals surface area (Å²) in [5.74, 6) is 0.505. The molecule has 0 atom stereocenters. The van der Waals surface area contributed by atoms with Crippen LogP contribution in [0.25, 0.3) is 0 Å². The summed E-state index contributed by atoms with van der Waals surface area (Å²) in [5, 5.41) is 12.1. The topological polar surface area (TPSA) is 96.3 Å². The second-order valence-electron chi connectivity index (χ2n) is 6.96. The summed E-state index contributed by atoms with van der Waals surface area (Å²) in [7, 11) is -3.41. The SMILES string of the molecule is CCOc1ccc(S(=O)(=O)CC2CCC(C#N)(NC(C)=O)CC2)cc1C. The zero-order valence-electron chi connectivity index (χ0n) is 15.5. The van der Waals surface area contributed by atoms with E-state index < -0.39 is 15.4 Å². The van der Waals surface area contributed by atoms with Crippen molar-refractivity contribution in [2.75, 3.05) is 12.4 Å². The Hall–Kier alpha value is -2.07. The maximum absolute atomic E-state index is 12.8. The third kappa shape index (κ3) is 4.76. The number of carbonyl (C=O) groups excluding carboxylic acids is 1. The van der Waals surface area contributed by atoms with Crippen molar-refractivity contribution in [2.45, 2.75) is 56.9 Å². The second kappa shape index (κ2) is 8.09. The summed E-state index contributed by atoms with van der Waals surface area (Å²) < 4.78 is 31.0. The molecule has 0 bridgehead atoms. The quantitative estimate of drug-likeness (QED) is 0.821. The number of nitriles is 1. The molecule has 1 aliphatic rings. The van der Waals surface area contributed by atoms with Crippen molar-refractivity contribution in [2.24, 2.45) is 5.92 Å². The molecule has 0 unspecified atom stereocenters. The average molecular weight is 378 g/mol. The average Bonchev–Trinajstić information content (AvgIpc) is 2.58. The van der Waals surface area contributed by atoms with E-state index in [1.54, 1.807) is 18.2 Å². The number of aryl methyl sites for hydroxylation is 1. The number of ether oxygens (including phenoxy) is 1. The molecule has 1 aromatic carbocycles. The molecule has 0 aromatic heterocycles. The first-order chi connectivity index (χ1) is 12.2. The van der Waals surface area contributed by atoms with Gasteiger partial charge >= 0.3 is 0 Å². The van der Waals surface area contributed by atoms with Crippen LogP contribution in [0, 0.1) is 24.2 Å². The van der Waals surface area contributed by atoms with Crippen LogP contribution >= 0.6 is 0 Å². The van der Waals surface area contributed by atoms with E-state index in [4.69, 9.17) is 4.74 Å². The first kappa shape index (κ1) is 20.2. The van der Waals surface area contributed by atoms with E-state index in [0.29, 0.717) is 42.9 Å². The van der Waals surface area contributed by atoms with Crippen molar-refractivity contribution in [1.82, 2.24) is 5.32 Å². The zero-order chi connectivity index (χ0) is 19.4. The van der Waals surface area contributed by atoms with Crippen molar-refractivity contribution in [1.29, 1.82) is 5.26 Å². The zero-order valence-corrected chi connectivity index (χ0v) is 16.4. The summed E-state index contributed by atoms with van der Waals surface area (Å²) in [6, 6.07) is 7.14. The molecular formula is C19H26N2O4S. The first-order valence-electron chi connectivity index (χ1n) is 8.87. The second-order valence-corrected chi connectivity index (χ2v) is 8.99. The molecule has 1 aliphatic carbocycles. The highest BCUT2D eigenvalue weighted by atomic mass is 32.2. The van der Waals surface area contributed by atoms with E-state index in [1.807, 2.05) is 13.8 Å². The molecule has 0 spiro atoms. The summed E-state index contributed by atoms with van der Waals surface area (Å²) >= 11 is 0. The van der Waals surface area contributed by atoms with Crippen molar-refractivity contribution in [3.05, 3.63) is 23.8 Å². The van der Waals surface area contributed by atoms with Gasteiger partial charge in [0.15, 0.2) is 9.84 Å². The predicted molar refractivity (Wildman–Crippen MR) is 98.5 cm³/mol. The number of nitrogens with one attached hydrogen (secondary N) is 1. The molecular weight excluding hydrogens is 352 g/mol. The minimum atomic E-state index is -3.41. The van der Waals surface area contributed by atoms with Gasteiger partial charge < -0.3 is 10.1 Å². The van der Waals surface area contributed by atoms with Crippen molar-refractivity contribution >= 4 is 15.7 Å². The molecule has 0 heterocycles. The highest BCUT2D eigenvalue weighted by molar-refractivity contribution is 7.91. The fraction of sp³-hybridized carbons (Fsp3) is 0.579. The van der Waals surface area contributed by atoms with Gasteiger partial charge in [0, 0.05) is 6.92 Å². The normalized spacial score (nSPS) is 23.1. The number of sulfone groups is 1. The molecule has 142 valence electrons. The van der Waals surface area contributed by atoms with E-state index in [-0.39, 0.29) is 17.6 Å². The largest absolute Gasteiger partial charge is 0.494 e. The molecule has 6 nitrogen and oxygen atoms in total. The van der Waals surface area contributed by atoms with Gasteiger partial charge in [-0.3, -0.25) is 4.79 Å². The number of hydrogen-bond donors (Lipinski definition) is 1. The maximum atomic E-state index is 12.8. The Balaban J connectivity index is 2.06. The Labute approximate surface area is 155 Å². The van der Waals surface area contributed by atoms with Crippen LogP contribution in [0.4, 0.5) is 0 Å². The Kier molecular flexibility index (Phi) is 6.30. The maximum Gasteiger partial charge on any atom is 0.218 e. The van der Waals surface area contributed by atoms with E-state index in [1.165, 1.54) is 6.92 Å². The summed E-state index contributed by atoms with van der Waals surface area (Å²) in [4.78, 5) is 11.6. The number of carbonyl (C=O) groups is 1. The molecule has 0 saturated heterocycles. The molecule has 1 N–H and O–H groups in total. The minimum absolute atomic E-state index is 0.0119. The third-order valence-corrected chi connectivity index (χ3v) is 6.73. The minimum Gasteiger partial charge on any atom is -0.494 e. The number of amides is 1. The molecule has 2 rings (SSSR count). The fourth-order valence-electron chi connectivity index (χ4n) is 3.48. The molecule has 0 aliphatic heterocycles. The summed E-state index contributed by atoms with van der Waals surface area (Å²) in [5.41, 5.74) is -0.0623. The van der Waals surface area contributed by atoms with E-state index in [0.717, 1.165) is 5.56 Å². The molecule has 1 amide bonds. The lowest BCUT2D eigenvalue weighted by molar-refractivity contribution is -0.120. The van der Waals surface area contributed by atoms with Gasteiger partial charge in [-0.2, -0.15) is 5.26 Å². The van der Waals surface area contributed by atoms with Crippen LogP contribution < -0.4 is 10.1 Å². The summed E-state index contributed by atoms with van der Waals surface area (Å²) in [6.07, 6.45) is 2.16. The number of rotatable bonds is 6. The van der Waals surface area contributed by atoms with Crippen molar-refractivity contribution < 1.29 is 17.9 Å². The van der Waals surface area contributed by atoms with Crippen LogP contribution in [-0.4, -0.2) is 32.2 Å². The Morgan fingerprint density at radius 3 is 2.54 bits per heavy atom. The third-order valence-electron chi connectivity index (χ3n) is 4.85. The van der Waals surface area contributed by atoms with Crippen LogP contribution in [0.2, 0.25) is 0 Å².